The van der Waals surface area contributed by atoms with Gasteiger partial charge in [0.1, 0.15) is 17.3 Å². The molecule has 2 aromatic heterocycles. The van der Waals surface area contributed by atoms with Crippen molar-refractivity contribution in [3.8, 4) is 5.75 Å². The van der Waals surface area contributed by atoms with Gasteiger partial charge < -0.3 is 24.3 Å². The van der Waals surface area contributed by atoms with Gasteiger partial charge in [-0.25, -0.2) is 4.98 Å². The number of nitrogens with zero attached hydrogens (tertiary/aromatic N) is 4. The van der Waals surface area contributed by atoms with Crippen LogP contribution in [0.1, 0.15) is 34.2 Å². The van der Waals surface area contributed by atoms with Crippen molar-refractivity contribution >= 4 is 23.2 Å². The molecule has 5 rings (SSSR count). The number of hydrogen-bond donors (Lipinski definition) is 1. The third-order valence-electron chi connectivity index (χ3n) is 6.29. The highest BCUT2D eigenvalue weighted by atomic mass is 16.5. The Kier molecular flexibility index (Phi) is 5.43. The molecular weight excluding hydrogens is 406 g/mol. The first-order chi connectivity index (χ1) is 15.7. The molecule has 8 heteroatoms. The van der Waals surface area contributed by atoms with Crippen LogP contribution < -0.4 is 19.9 Å². The predicted molar refractivity (Wildman–Crippen MR) is 123 cm³/mol. The quantitative estimate of drug-likeness (QED) is 0.656. The molecule has 3 heterocycles. The highest BCUT2D eigenvalue weighted by molar-refractivity contribution is 6.03. The summed E-state index contributed by atoms with van der Waals surface area (Å²) in [5.41, 5.74) is 2.57. The third kappa shape index (κ3) is 3.77. The number of Topliss-reactive ketones (excluding diaryl/α,β-unsaturated/α-hetero) is 1. The minimum absolute atomic E-state index is 0.0161. The molecule has 0 spiro atoms. The first-order valence-corrected chi connectivity index (χ1v) is 11.0. The highest BCUT2D eigenvalue weighted by Gasteiger charge is 2.33. The second-order valence-corrected chi connectivity index (χ2v) is 8.16. The summed E-state index contributed by atoms with van der Waals surface area (Å²) < 4.78 is 10.9. The molecule has 32 heavy (non-hydrogen) atoms. The van der Waals surface area contributed by atoms with Crippen molar-refractivity contribution in [2.75, 3.05) is 55.5 Å². The van der Waals surface area contributed by atoms with E-state index in [1.807, 2.05) is 24.3 Å². The topological polar surface area (TPSA) is 83.7 Å². The first-order valence-electron chi connectivity index (χ1n) is 11.0. The van der Waals surface area contributed by atoms with Crippen LogP contribution in [0.25, 0.3) is 0 Å². The minimum atomic E-state index is 0.0161. The number of carbonyl (C=O) groups is 1. The predicted octanol–water partition coefficient (Wildman–Crippen LogP) is 3.36. The summed E-state index contributed by atoms with van der Waals surface area (Å²) in [7, 11) is 3.49. The third-order valence-corrected chi connectivity index (χ3v) is 6.29. The van der Waals surface area contributed by atoms with Crippen molar-refractivity contribution in [2.24, 2.45) is 0 Å². The Morgan fingerprint density at radius 1 is 1.06 bits per heavy atom. The van der Waals surface area contributed by atoms with Gasteiger partial charge in [0.05, 0.1) is 24.6 Å². The number of benzene rings is 1. The van der Waals surface area contributed by atoms with Crippen molar-refractivity contribution in [1.29, 1.82) is 0 Å². The van der Waals surface area contributed by atoms with Crippen LogP contribution in [0.3, 0.4) is 0 Å². The first kappa shape index (κ1) is 20.4. The van der Waals surface area contributed by atoms with Crippen LogP contribution in [-0.2, 0) is 6.42 Å². The maximum Gasteiger partial charge on any atom is 0.227 e. The Hall–Kier alpha value is -3.55. The fraction of sp³-hybridized carbons (Fsp3) is 0.375. The number of furan rings is 1. The zero-order valence-corrected chi connectivity index (χ0v) is 18.4. The minimum Gasteiger partial charge on any atom is -0.497 e. The smallest absolute Gasteiger partial charge is 0.227 e. The number of piperazine rings is 1. The van der Waals surface area contributed by atoms with Crippen LogP contribution in [0.5, 0.6) is 5.75 Å². The molecule has 1 aliphatic heterocycles. The molecule has 1 unspecified atom stereocenters. The lowest BCUT2D eigenvalue weighted by Gasteiger charge is -2.36. The second kappa shape index (κ2) is 8.53. The van der Waals surface area contributed by atoms with E-state index in [1.54, 1.807) is 20.4 Å². The van der Waals surface area contributed by atoms with E-state index in [2.05, 4.69) is 27.2 Å². The standard InChI is InChI=1S/C24H27N5O3/c1-25-23-22-19(13-16(14-20(22)30)21-7-4-12-32-21)26-24(27-23)29-10-8-28(9-11-29)17-5-3-6-18(15-17)31-2/h3-7,12,15-16H,8-11,13-14H2,1-2H3,(H,25,26,27). The maximum atomic E-state index is 12.9. The summed E-state index contributed by atoms with van der Waals surface area (Å²) in [6.45, 7) is 3.32. The van der Waals surface area contributed by atoms with E-state index in [4.69, 9.17) is 19.1 Å². The Labute approximate surface area is 187 Å². The van der Waals surface area contributed by atoms with Gasteiger partial charge in [0.25, 0.3) is 0 Å². The number of hydrogen-bond acceptors (Lipinski definition) is 8. The molecule has 0 amide bonds. The molecule has 166 valence electrons. The average molecular weight is 434 g/mol. The molecule has 1 fully saturated rings. The van der Waals surface area contributed by atoms with Gasteiger partial charge >= 0.3 is 0 Å². The summed E-state index contributed by atoms with van der Waals surface area (Å²) in [6, 6.07) is 11.9. The van der Waals surface area contributed by atoms with Gasteiger partial charge in [-0.2, -0.15) is 4.98 Å². The number of carbonyl (C=O) groups excluding carboxylic acids is 1. The molecular formula is C24H27N5O3. The Morgan fingerprint density at radius 2 is 1.88 bits per heavy atom. The molecule has 1 saturated heterocycles. The van der Waals surface area contributed by atoms with Gasteiger partial charge in [0, 0.05) is 63.7 Å². The number of aromatic nitrogens is 2. The fourth-order valence-electron chi connectivity index (χ4n) is 4.59. The lowest BCUT2D eigenvalue weighted by molar-refractivity contribution is 0.0959. The number of nitrogens with one attached hydrogen (secondary N) is 1. The van der Waals surface area contributed by atoms with Crippen LogP contribution in [0.15, 0.2) is 47.1 Å². The van der Waals surface area contributed by atoms with Crippen LogP contribution in [0.4, 0.5) is 17.5 Å². The molecule has 0 bridgehead atoms. The van der Waals surface area contributed by atoms with Crippen molar-refractivity contribution in [3.05, 3.63) is 59.7 Å². The second-order valence-electron chi connectivity index (χ2n) is 8.16. The molecule has 0 radical (unpaired) electrons. The fourth-order valence-corrected chi connectivity index (χ4v) is 4.59. The summed E-state index contributed by atoms with van der Waals surface area (Å²) in [5, 5.41) is 3.12. The van der Waals surface area contributed by atoms with E-state index in [0.717, 1.165) is 49.1 Å². The summed E-state index contributed by atoms with van der Waals surface area (Å²) in [4.78, 5) is 27.0. The van der Waals surface area contributed by atoms with Crippen molar-refractivity contribution in [1.82, 2.24) is 9.97 Å². The van der Waals surface area contributed by atoms with Crippen molar-refractivity contribution in [3.63, 3.8) is 0 Å². The van der Waals surface area contributed by atoms with Crippen molar-refractivity contribution < 1.29 is 13.9 Å². The lowest BCUT2D eigenvalue weighted by Crippen LogP contribution is -2.47. The van der Waals surface area contributed by atoms with Crippen LogP contribution in [0, 0.1) is 0 Å². The van der Waals surface area contributed by atoms with E-state index in [1.165, 1.54) is 0 Å². The molecule has 2 aliphatic rings. The molecule has 1 N–H and O–H groups in total. The molecule has 1 aliphatic carbocycles. The number of fused-ring (bicyclic) bond motifs is 1. The van der Waals surface area contributed by atoms with Crippen LogP contribution >= 0.6 is 0 Å². The van der Waals surface area contributed by atoms with Gasteiger partial charge in [-0.3, -0.25) is 4.79 Å². The number of methoxy groups -OCH3 is 1. The Balaban J connectivity index is 1.37. The highest BCUT2D eigenvalue weighted by Crippen LogP contribution is 2.35. The van der Waals surface area contributed by atoms with E-state index >= 15 is 0 Å². The van der Waals surface area contributed by atoms with Gasteiger partial charge in [-0.05, 0) is 24.3 Å². The van der Waals surface area contributed by atoms with Gasteiger partial charge in [0.2, 0.25) is 5.95 Å². The summed E-state index contributed by atoms with van der Waals surface area (Å²) >= 11 is 0. The number of ether oxygens (including phenoxy) is 1. The van der Waals surface area contributed by atoms with Crippen LogP contribution in [0.2, 0.25) is 0 Å². The summed E-state index contributed by atoms with van der Waals surface area (Å²) in [6.07, 6.45) is 2.74. The SMILES string of the molecule is CNc1nc(N2CCN(c3cccc(OC)c3)CC2)nc2c1C(=O)CC(c1ccco1)C2. The van der Waals surface area contributed by atoms with E-state index in [9.17, 15) is 4.79 Å². The normalized spacial score (nSPS) is 18.4. The average Bonchev–Trinajstić information content (AvgIpc) is 3.38. The summed E-state index contributed by atoms with van der Waals surface area (Å²) in [5.74, 6) is 3.06. The van der Waals surface area contributed by atoms with Gasteiger partial charge in [0.15, 0.2) is 5.78 Å². The zero-order valence-electron chi connectivity index (χ0n) is 18.4. The monoisotopic (exact) mass is 433 g/mol. The molecule has 1 aromatic carbocycles. The Bertz CT molecular complexity index is 1110. The number of anilines is 3. The maximum absolute atomic E-state index is 12.9. The lowest BCUT2D eigenvalue weighted by atomic mass is 9.84. The number of ketones is 1. The van der Waals surface area contributed by atoms with E-state index in [-0.39, 0.29) is 11.7 Å². The zero-order chi connectivity index (χ0) is 22.1. The molecule has 8 nitrogen and oxygen atoms in total. The van der Waals surface area contributed by atoms with Crippen molar-refractivity contribution in [2.45, 2.75) is 18.8 Å². The van der Waals surface area contributed by atoms with Crippen LogP contribution in [-0.4, -0.2) is 56.1 Å². The molecule has 3 aromatic rings. The number of rotatable bonds is 5. The van der Waals surface area contributed by atoms with E-state index < -0.39 is 0 Å². The molecule has 1 atom stereocenters. The largest absolute Gasteiger partial charge is 0.497 e. The van der Waals surface area contributed by atoms with Gasteiger partial charge in [-0.15, -0.1) is 0 Å². The molecule has 0 saturated carbocycles. The van der Waals surface area contributed by atoms with E-state index in [0.29, 0.717) is 30.2 Å². The van der Waals surface area contributed by atoms with Gasteiger partial charge in [-0.1, -0.05) is 6.07 Å². The Morgan fingerprint density at radius 3 is 2.59 bits per heavy atom.